The monoisotopic (exact) mass is 274 g/mol. The largest absolute Gasteiger partial charge is 0.481 e. The van der Waals surface area contributed by atoms with Gasteiger partial charge in [0, 0.05) is 20.6 Å². The van der Waals surface area contributed by atoms with Gasteiger partial charge in [0.05, 0.1) is 0 Å². The summed E-state index contributed by atoms with van der Waals surface area (Å²) >= 11 is 14.4. The van der Waals surface area contributed by atoms with E-state index < -0.39 is 10.3 Å². The number of halogens is 3. The summed E-state index contributed by atoms with van der Waals surface area (Å²) in [4.78, 5) is 9.00. The molecule has 14 heavy (non-hydrogen) atoms. The number of aliphatic carboxylic acids is 1. The number of carboxylic acids is 1. The van der Waals surface area contributed by atoms with Crippen LogP contribution in [0.15, 0.2) is 0 Å². The zero-order chi connectivity index (χ0) is 11.9. The van der Waals surface area contributed by atoms with Gasteiger partial charge < -0.3 is 20.8 Å². The Labute approximate surface area is 98.5 Å². The minimum Gasteiger partial charge on any atom is -0.481 e. The first-order valence-electron chi connectivity index (χ1n) is 3.05. The first kappa shape index (κ1) is 29.2. The van der Waals surface area contributed by atoms with E-state index in [1.54, 1.807) is 6.92 Å². The summed E-state index contributed by atoms with van der Waals surface area (Å²) in [6, 6.07) is 0. The molecule has 0 saturated heterocycles. The summed E-state index contributed by atoms with van der Waals surface area (Å²) in [5.41, 5.74) is 0. The molecular weight excluding hydrogens is 258 g/mol. The molecule has 0 unspecified atom stereocenters. The Morgan fingerprint density at radius 1 is 1.29 bits per heavy atom. The summed E-state index contributed by atoms with van der Waals surface area (Å²) in [6.07, 6.45) is 0. The lowest BCUT2D eigenvalue weighted by Gasteiger charge is -1.69. The number of carboxylic acid groups (broad SMARTS) is 1. The molecule has 0 heterocycles. The van der Waals surface area contributed by atoms with Gasteiger partial charge in [0.15, 0.2) is 4.30 Å². The number of aliphatic hydroxyl groups excluding tert-OH is 2. The maximum Gasteiger partial charge on any atom is 0.300 e. The number of alkyl halides is 3. The number of carbonyl (C=O) groups is 1. The van der Waals surface area contributed by atoms with E-state index in [0.29, 0.717) is 0 Å². The number of hydrogen-bond donors (Lipinski definition) is 3. The fraction of sp³-hybridized carbons (Fsp3) is 0.833. The highest BCUT2D eigenvalue weighted by Crippen LogP contribution is 2.03. The summed E-state index contributed by atoms with van der Waals surface area (Å²) in [5.74, 6) is -0.833. The third-order valence-electron chi connectivity index (χ3n) is 0. The zero-order valence-electron chi connectivity index (χ0n) is 8.17. The molecule has 0 radical (unpaired) electrons. The van der Waals surface area contributed by atoms with Gasteiger partial charge in [0.1, 0.15) is 0 Å². The second-order valence-corrected chi connectivity index (χ2v) is 3.06. The SMILES string of the molecule is CC(=O)O.CCO.CO.ClC(Cl)Cl.O. The molecule has 0 aliphatic heterocycles. The topological polar surface area (TPSA) is 109 Å². The lowest BCUT2D eigenvalue weighted by atomic mass is 10.9. The molecule has 0 spiro atoms. The van der Waals surface area contributed by atoms with E-state index in [9.17, 15) is 0 Å². The van der Waals surface area contributed by atoms with Crippen molar-refractivity contribution in [1.29, 1.82) is 0 Å². The molecular formula is C6H17Cl3O5. The van der Waals surface area contributed by atoms with Crippen LogP contribution >= 0.6 is 34.8 Å². The predicted octanol–water partition coefficient (Wildman–Crippen LogP) is 0.860. The van der Waals surface area contributed by atoms with Crippen LogP contribution < -0.4 is 0 Å². The zero-order valence-corrected chi connectivity index (χ0v) is 10.4. The molecule has 0 aliphatic rings. The van der Waals surface area contributed by atoms with Crippen molar-refractivity contribution >= 4 is 40.8 Å². The van der Waals surface area contributed by atoms with Crippen LogP contribution in [0.3, 0.4) is 0 Å². The summed E-state index contributed by atoms with van der Waals surface area (Å²) in [7, 11) is 1.00. The average Bonchev–Trinajstić information content (AvgIpc) is 1.89. The van der Waals surface area contributed by atoms with Gasteiger partial charge in [-0.3, -0.25) is 4.79 Å². The van der Waals surface area contributed by atoms with Crippen LogP contribution in [-0.2, 0) is 4.79 Å². The van der Waals surface area contributed by atoms with Crippen molar-refractivity contribution in [3.63, 3.8) is 0 Å². The summed E-state index contributed by atoms with van der Waals surface area (Å²) in [6.45, 7) is 3.01. The highest BCUT2D eigenvalue weighted by atomic mass is 35.6. The fourth-order valence-electron chi connectivity index (χ4n) is 0. The standard InChI is InChI=1S/C2H4O2.C2H6O.CHCl3.CH4O.H2O/c1-2(3)4;1-2-3;2-1(3)4;1-2;/h1H3,(H,3,4);3H,2H2,1H3;1H;2H,1H3;1H2. The third kappa shape index (κ3) is 31800. The molecule has 0 aromatic rings. The van der Waals surface area contributed by atoms with Gasteiger partial charge in [-0.2, -0.15) is 0 Å². The smallest absolute Gasteiger partial charge is 0.300 e. The lowest BCUT2D eigenvalue weighted by Crippen LogP contribution is -1.78. The molecule has 0 fully saturated rings. The second-order valence-electron chi connectivity index (χ2n) is 1.08. The van der Waals surface area contributed by atoms with E-state index in [1.165, 1.54) is 0 Å². The predicted molar refractivity (Wildman–Crippen MR) is 59.2 cm³/mol. The van der Waals surface area contributed by atoms with Gasteiger partial charge in [-0.1, -0.05) is 34.8 Å². The quantitative estimate of drug-likeness (QED) is 0.570. The van der Waals surface area contributed by atoms with Crippen LogP contribution in [0.1, 0.15) is 13.8 Å². The van der Waals surface area contributed by atoms with Crippen LogP contribution in [0.4, 0.5) is 0 Å². The average molecular weight is 276 g/mol. The Balaban J connectivity index is -0.0000000260. The molecule has 0 aromatic heterocycles. The highest BCUT2D eigenvalue weighted by Gasteiger charge is 1.78. The van der Waals surface area contributed by atoms with Crippen molar-refractivity contribution < 1.29 is 25.6 Å². The summed E-state index contributed by atoms with van der Waals surface area (Å²) in [5, 5.41) is 22.0. The van der Waals surface area contributed by atoms with Gasteiger partial charge in [-0.05, 0) is 6.92 Å². The van der Waals surface area contributed by atoms with Crippen LogP contribution in [0.25, 0.3) is 0 Å². The van der Waals surface area contributed by atoms with Crippen LogP contribution in [-0.4, -0.2) is 44.8 Å². The maximum atomic E-state index is 9.00. The van der Waals surface area contributed by atoms with Crippen LogP contribution in [0, 0.1) is 0 Å². The molecule has 5 N–H and O–H groups in total. The minimum atomic E-state index is -0.833. The maximum absolute atomic E-state index is 9.00. The molecule has 0 atom stereocenters. The number of aliphatic hydroxyl groups is 2. The van der Waals surface area contributed by atoms with E-state index in [4.69, 9.17) is 54.9 Å². The van der Waals surface area contributed by atoms with Crippen molar-refractivity contribution in [3.8, 4) is 0 Å². The van der Waals surface area contributed by atoms with Gasteiger partial charge in [0.25, 0.3) is 5.97 Å². The van der Waals surface area contributed by atoms with Crippen LogP contribution in [0.5, 0.6) is 0 Å². The number of rotatable bonds is 0. The van der Waals surface area contributed by atoms with Gasteiger partial charge in [-0.25, -0.2) is 0 Å². The van der Waals surface area contributed by atoms with Crippen molar-refractivity contribution in [1.82, 2.24) is 0 Å². The Morgan fingerprint density at radius 2 is 1.29 bits per heavy atom. The minimum absolute atomic E-state index is 0. The first-order chi connectivity index (χ1) is 5.88. The molecule has 0 rings (SSSR count). The molecule has 0 saturated carbocycles. The normalized spacial score (nSPS) is 6.07. The molecule has 0 bridgehead atoms. The lowest BCUT2D eigenvalue weighted by molar-refractivity contribution is -0.134. The van der Waals surface area contributed by atoms with Crippen molar-refractivity contribution in [2.45, 2.75) is 18.1 Å². The highest BCUT2D eigenvalue weighted by molar-refractivity contribution is 6.63. The summed E-state index contributed by atoms with van der Waals surface area (Å²) < 4.78 is -0.750. The van der Waals surface area contributed by atoms with Gasteiger partial charge in [-0.15, -0.1) is 0 Å². The second kappa shape index (κ2) is 37.9. The Morgan fingerprint density at radius 3 is 1.29 bits per heavy atom. The molecule has 5 nitrogen and oxygen atoms in total. The molecule has 8 heteroatoms. The third-order valence-corrected chi connectivity index (χ3v) is 0. The Kier molecular flexibility index (Phi) is 79.1. The van der Waals surface area contributed by atoms with E-state index >= 15 is 0 Å². The van der Waals surface area contributed by atoms with Crippen molar-refractivity contribution in [2.75, 3.05) is 13.7 Å². The van der Waals surface area contributed by atoms with Crippen LogP contribution in [0.2, 0.25) is 0 Å². The Hall–Kier alpha value is 0.220. The van der Waals surface area contributed by atoms with Crippen molar-refractivity contribution in [2.24, 2.45) is 0 Å². The first-order valence-corrected chi connectivity index (χ1v) is 4.36. The van der Waals surface area contributed by atoms with E-state index in [0.717, 1.165) is 14.0 Å². The van der Waals surface area contributed by atoms with E-state index in [1.807, 2.05) is 0 Å². The fourth-order valence-corrected chi connectivity index (χ4v) is 0. The van der Waals surface area contributed by atoms with Gasteiger partial charge >= 0.3 is 0 Å². The van der Waals surface area contributed by atoms with Crippen molar-refractivity contribution in [3.05, 3.63) is 0 Å². The molecule has 0 aromatic carbocycles. The Bertz CT molecular complexity index is 75.1. The van der Waals surface area contributed by atoms with E-state index in [2.05, 4.69) is 0 Å². The molecule has 0 aliphatic carbocycles. The number of hydrogen-bond acceptors (Lipinski definition) is 3. The molecule has 92 valence electrons. The van der Waals surface area contributed by atoms with E-state index in [-0.39, 0.29) is 12.1 Å². The van der Waals surface area contributed by atoms with Gasteiger partial charge in [0.2, 0.25) is 0 Å². The molecule has 0 amide bonds.